The van der Waals surface area contributed by atoms with E-state index >= 15 is 0 Å². The van der Waals surface area contributed by atoms with E-state index < -0.39 is 0 Å². The van der Waals surface area contributed by atoms with Gasteiger partial charge in [-0.2, -0.15) is 0 Å². The van der Waals surface area contributed by atoms with Crippen molar-refractivity contribution in [3.63, 3.8) is 0 Å². The molecular formula is C16H32N2O2. The van der Waals surface area contributed by atoms with Crippen molar-refractivity contribution in [3.05, 3.63) is 0 Å². The van der Waals surface area contributed by atoms with Gasteiger partial charge in [0.1, 0.15) is 0 Å². The van der Waals surface area contributed by atoms with Crippen LogP contribution >= 0.6 is 0 Å². The molecule has 2 N–H and O–H groups in total. The van der Waals surface area contributed by atoms with Crippen LogP contribution in [0.25, 0.3) is 0 Å². The van der Waals surface area contributed by atoms with E-state index in [2.05, 4.69) is 26.1 Å². The van der Waals surface area contributed by atoms with Gasteiger partial charge in [-0.25, -0.2) is 4.79 Å². The largest absolute Gasteiger partial charge is 0.393 e. The molecule has 1 aliphatic carbocycles. The van der Waals surface area contributed by atoms with Gasteiger partial charge in [-0.15, -0.1) is 0 Å². The SMILES string of the molecule is CCN(C(=O)NCC(C)(C)CC(C)O)C1CCCCC1. The van der Waals surface area contributed by atoms with E-state index in [1.165, 1.54) is 19.3 Å². The lowest BCUT2D eigenvalue weighted by Crippen LogP contribution is -2.49. The number of hydrogen-bond acceptors (Lipinski definition) is 2. The second kappa shape index (κ2) is 7.87. The third-order valence-electron chi connectivity index (χ3n) is 4.18. The van der Waals surface area contributed by atoms with Gasteiger partial charge in [0.25, 0.3) is 0 Å². The average molecular weight is 284 g/mol. The molecule has 1 atom stereocenters. The number of nitrogens with one attached hydrogen (secondary N) is 1. The van der Waals surface area contributed by atoms with Crippen LogP contribution in [0.15, 0.2) is 0 Å². The first-order chi connectivity index (χ1) is 9.35. The number of rotatable bonds is 6. The van der Waals surface area contributed by atoms with Gasteiger partial charge >= 0.3 is 6.03 Å². The Labute approximate surface area is 123 Å². The fourth-order valence-electron chi connectivity index (χ4n) is 3.25. The van der Waals surface area contributed by atoms with Crippen molar-refractivity contribution in [1.82, 2.24) is 10.2 Å². The Morgan fingerprint density at radius 3 is 2.45 bits per heavy atom. The summed E-state index contributed by atoms with van der Waals surface area (Å²) in [6.07, 6.45) is 6.42. The van der Waals surface area contributed by atoms with Gasteiger partial charge in [-0.3, -0.25) is 0 Å². The predicted octanol–water partition coefficient (Wildman–Crippen LogP) is 3.15. The zero-order valence-electron chi connectivity index (χ0n) is 13.6. The van der Waals surface area contributed by atoms with Crippen molar-refractivity contribution in [2.75, 3.05) is 13.1 Å². The zero-order valence-corrected chi connectivity index (χ0v) is 13.6. The molecule has 1 saturated carbocycles. The van der Waals surface area contributed by atoms with Crippen LogP contribution in [0.3, 0.4) is 0 Å². The van der Waals surface area contributed by atoms with Gasteiger partial charge in [0.05, 0.1) is 6.10 Å². The summed E-state index contributed by atoms with van der Waals surface area (Å²) in [5, 5.41) is 12.5. The second-order valence-electron chi connectivity index (χ2n) is 6.95. The molecular weight excluding hydrogens is 252 g/mol. The van der Waals surface area contributed by atoms with E-state index in [1.807, 2.05) is 4.90 Å². The molecule has 0 saturated heterocycles. The molecule has 0 bridgehead atoms. The van der Waals surface area contributed by atoms with Crippen LogP contribution < -0.4 is 5.32 Å². The Hall–Kier alpha value is -0.770. The topological polar surface area (TPSA) is 52.6 Å². The number of aliphatic hydroxyl groups excluding tert-OH is 1. The Morgan fingerprint density at radius 2 is 1.95 bits per heavy atom. The fourth-order valence-corrected chi connectivity index (χ4v) is 3.25. The van der Waals surface area contributed by atoms with E-state index in [1.54, 1.807) is 6.92 Å². The monoisotopic (exact) mass is 284 g/mol. The van der Waals surface area contributed by atoms with E-state index in [-0.39, 0.29) is 17.6 Å². The maximum atomic E-state index is 12.4. The number of aliphatic hydroxyl groups is 1. The minimum Gasteiger partial charge on any atom is -0.393 e. The Bertz CT molecular complexity index is 297. The predicted molar refractivity (Wildman–Crippen MR) is 82.7 cm³/mol. The highest BCUT2D eigenvalue weighted by Gasteiger charge is 2.26. The first-order valence-corrected chi connectivity index (χ1v) is 8.08. The van der Waals surface area contributed by atoms with Crippen molar-refractivity contribution in [2.45, 2.75) is 78.4 Å². The molecule has 118 valence electrons. The minimum atomic E-state index is -0.331. The molecule has 4 nitrogen and oxygen atoms in total. The smallest absolute Gasteiger partial charge is 0.317 e. The fraction of sp³-hybridized carbons (Fsp3) is 0.938. The Balaban J connectivity index is 2.46. The number of urea groups is 1. The number of amides is 2. The second-order valence-corrected chi connectivity index (χ2v) is 6.95. The van der Waals surface area contributed by atoms with E-state index in [0.29, 0.717) is 19.0 Å². The third kappa shape index (κ3) is 5.70. The highest BCUT2D eigenvalue weighted by Crippen LogP contribution is 2.24. The highest BCUT2D eigenvalue weighted by atomic mass is 16.3. The molecule has 0 aromatic heterocycles. The summed E-state index contributed by atoms with van der Waals surface area (Å²) in [5.74, 6) is 0. The van der Waals surface area contributed by atoms with Gasteiger partial charge in [0, 0.05) is 19.1 Å². The van der Waals surface area contributed by atoms with Gasteiger partial charge in [0.2, 0.25) is 0 Å². The Kier molecular flexibility index (Phi) is 6.80. The van der Waals surface area contributed by atoms with Crippen LogP contribution in [0, 0.1) is 5.41 Å². The molecule has 0 spiro atoms. The molecule has 0 heterocycles. The van der Waals surface area contributed by atoms with Crippen LogP contribution in [0.1, 0.15) is 66.2 Å². The van der Waals surface area contributed by atoms with Crippen LogP contribution in [0.5, 0.6) is 0 Å². The summed E-state index contributed by atoms with van der Waals surface area (Å²) in [6, 6.07) is 0.465. The van der Waals surface area contributed by atoms with Gasteiger partial charge in [-0.1, -0.05) is 33.1 Å². The lowest BCUT2D eigenvalue weighted by atomic mass is 9.87. The van der Waals surface area contributed by atoms with Gasteiger partial charge in [0.15, 0.2) is 0 Å². The number of nitrogens with zero attached hydrogens (tertiary/aromatic N) is 1. The van der Waals surface area contributed by atoms with E-state index in [4.69, 9.17) is 0 Å². The summed E-state index contributed by atoms with van der Waals surface area (Å²) in [4.78, 5) is 14.3. The molecule has 20 heavy (non-hydrogen) atoms. The number of carbonyl (C=O) groups is 1. The van der Waals surface area contributed by atoms with Crippen molar-refractivity contribution >= 4 is 6.03 Å². The van der Waals surface area contributed by atoms with Crippen LogP contribution in [-0.4, -0.2) is 41.3 Å². The van der Waals surface area contributed by atoms with Crippen LogP contribution in [0.4, 0.5) is 4.79 Å². The molecule has 2 amide bonds. The van der Waals surface area contributed by atoms with Crippen molar-refractivity contribution in [1.29, 1.82) is 0 Å². The molecule has 1 fully saturated rings. The first-order valence-electron chi connectivity index (χ1n) is 8.08. The van der Waals surface area contributed by atoms with E-state index in [9.17, 15) is 9.90 Å². The minimum absolute atomic E-state index is 0.0538. The molecule has 0 aromatic rings. The zero-order chi connectivity index (χ0) is 15.2. The molecule has 1 unspecified atom stereocenters. The summed E-state index contributed by atoms with van der Waals surface area (Å²) in [6.45, 7) is 9.39. The lowest BCUT2D eigenvalue weighted by molar-refractivity contribution is 0.122. The van der Waals surface area contributed by atoms with Gasteiger partial charge in [-0.05, 0) is 38.5 Å². The maximum Gasteiger partial charge on any atom is 0.317 e. The molecule has 4 heteroatoms. The van der Waals surface area contributed by atoms with Crippen LogP contribution in [-0.2, 0) is 0 Å². The van der Waals surface area contributed by atoms with Gasteiger partial charge < -0.3 is 15.3 Å². The molecule has 0 radical (unpaired) electrons. The molecule has 1 aliphatic rings. The molecule has 0 aliphatic heterocycles. The highest BCUT2D eigenvalue weighted by molar-refractivity contribution is 5.74. The summed E-state index contributed by atoms with van der Waals surface area (Å²) < 4.78 is 0. The summed E-state index contributed by atoms with van der Waals surface area (Å²) in [5.41, 5.74) is -0.0736. The third-order valence-corrected chi connectivity index (χ3v) is 4.18. The maximum absolute atomic E-state index is 12.4. The average Bonchev–Trinajstić information content (AvgIpc) is 2.37. The Morgan fingerprint density at radius 1 is 1.35 bits per heavy atom. The molecule has 0 aromatic carbocycles. The van der Waals surface area contributed by atoms with Crippen molar-refractivity contribution < 1.29 is 9.90 Å². The van der Waals surface area contributed by atoms with Crippen molar-refractivity contribution in [3.8, 4) is 0 Å². The van der Waals surface area contributed by atoms with E-state index in [0.717, 1.165) is 19.4 Å². The lowest BCUT2D eigenvalue weighted by Gasteiger charge is -2.35. The first kappa shape index (κ1) is 17.3. The van der Waals surface area contributed by atoms with Crippen LogP contribution in [0.2, 0.25) is 0 Å². The van der Waals surface area contributed by atoms with Crippen molar-refractivity contribution in [2.24, 2.45) is 5.41 Å². The number of carbonyl (C=O) groups excluding carboxylic acids is 1. The quantitative estimate of drug-likeness (QED) is 0.787. The molecule has 1 rings (SSSR count). The standard InChI is InChI=1S/C16H32N2O2/c1-5-18(14-9-7-6-8-10-14)15(20)17-12-16(3,4)11-13(2)19/h13-14,19H,5-12H2,1-4H3,(H,17,20). The normalized spacial score (nSPS) is 18.6. The summed E-state index contributed by atoms with van der Waals surface area (Å²) in [7, 11) is 0. The number of hydrogen-bond donors (Lipinski definition) is 2. The summed E-state index contributed by atoms with van der Waals surface area (Å²) >= 11 is 0.